The lowest BCUT2D eigenvalue weighted by Crippen LogP contribution is -2.12. The third kappa shape index (κ3) is 11.7. The second kappa shape index (κ2) is 16.9. The van der Waals surface area contributed by atoms with Gasteiger partial charge in [0.05, 0.1) is 18.9 Å². The first-order valence-corrected chi connectivity index (χ1v) is 14.0. The highest BCUT2D eigenvalue weighted by Gasteiger charge is 2.18. The molecule has 0 aliphatic heterocycles. The van der Waals surface area contributed by atoms with Crippen molar-refractivity contribution >= 4 is 17.7 Å². The van der Waals surface area contributed by atoms with Crippen LogP contribution in [0.3, 0.4) is 0 Å². The Hall–Kier alpha value is -2.88. The van der Waals surface area contributed by atoms with Crippen molar-refractivity contribution in [2.75, 3.05) is 7.11 Å². The molecule has 4 nitrogen and oxygen atoms in total. The number of hydrogen-bond donors (Lipinski definition) is 0. The molecule has 0 aliphatic rings. The molecule has 0 saturated carbocycles. The summed E-state index contributed by atoms with van der Waals surface area (Å²) in [4.78, 5) is 17.3. The molecule has 0 heterocycles. The van der Waals surface area contributed by atoms with Crippen LogP contribution in [-0.4, -0.2) is 25.2 Å². The van der Waals surface area contributed by atoms with Crippen molar-refractivity contribution < 1.29 is 14.3 Å². The summed E-state index contributed by atoms with van der Waals surface area (Å²) in [7, 11) is 1.58. The number of methoxy groups -OCH3 is 1. The molecule has 0 amide bonds. The van der Waals surface area contributed by atoms with E-state index in [9.17, 15) is 4.79 Å². The Morgan fingerprint density at radius 3 is 2.21 bits per heavy atom. The van der Waals surface area contributed by atoms with Gasteiger partial charge in [0.15, 0.2) is 17.3 Å². The lowest BCUT2D eigenvalue weighted by atomic mass is 9.86. The molecule has 0 aliphatic carbocycles. The molecule has 1 unspecified atom stereocenters. The van der Waals surface area contributed by atoms with E-state index in [0.717, 1.165) is 19.3 Å². The second-order valence-corrected chi connectivity index (χ2v) is 11.2. The summed E-state index contributed by atoms with van der Waals surface area (Å²) in [6.45, 7) is 20.8. The second-order valence-electron chi connectivity index (χ2n) is 11.2. The maximum absolute atomic E-state index is 12.5. The summed E-state index contributed by atoms with van der Waals surface area (Å²) in [6.07, 6.45) is 16.2. The van der Waals surface area contributed by atoms with Gasteiger partial charge in [0.1, 0.15) is 0 Å². The summed E-state index contributed by atoms with van der Waals surface area (Å²) in [5.74, 6) is 2.32. The molecule has 0 bridgehead atoms. The standard InChI is InChI=1S/C34H51NO3/c1-12-28(29(17-13-15-23(2)3)18-14-16-24(4)5)19-30(25(6)7)22-35-32-21-34(38-26(8)9)33(37-11)20-31(32)27(10)36/h12-13,15,17-18,20-22,24-26,30H,14,16,19H2,1-11H3/b17-13-,28-12+,29-18+,35-22-. The quantitative estimate of drug-likeness (QED) is 0.131. The lowest BCUT2D eigenvalue weighted by molar-refractivity contribution is 0.101. The zero-order valence-electron chi connectivity index (χ0n) is 25.7. The SMILES string of the molecule is C/C=C(CC(/C=N\c1cc(OC(C)C)c(OC)cc1C(C)=O)C(C)C)/C(/C=C\C=C(C)C)=C/CCC(C)C. The number of aliphatic imine (C=N–C) groups is 1. The van der Waals surface area contributed by atoms with Crippen molar-refractivity contribution in [3.05, 3.63) is 64.8 Å². The normalized spacial score (nSPS) is 13.7. The molecule has 0 radical (unpaired) electrons. The molecular weight excluding hydrogens is 470 g/mol. The smallest absolute Gasteiger partial charge is 0.163 e. The summed E-state index contributed by atoms with van der Waals surface area (Å²) in [5.41, 5.74) is 4.99. The Bertz CT molecular complexity index is 1050. The first kappa shape index (κ1) is 33.1. The van der Waals surface area contributed by atoms with Crippen LogP contribution in [0.1, 0.15) is 98.9 Å². The van der Waals surface area contributed by atoms with E-state index in [1.165, 1.54) is 16.7 Å². The Morgan fingerprint density at radius 1 is 1.03 bits per heavy atom. The fraction of sp³-hybridized carbons (Fsp3) is 0.529. The van der Waals surface area contributed by atoms with Gasteiger partial charge in [-0.3, -0.25) is 9.79 Å². The van der Waals surface area contributed by atoms with Crippen molar-refractivity contribution in [2.24, 2.45) is 22.7 Å². The maximum atomic E-state index is 12.5. The Labute approximate surface area is 232 Å². The fourth-order valence-corrected chi connectivity index (χ4v) is 3.96. The van der Waals surface area contributed by atoms with Gasteiger partial charge < -0.3 is 9.47 Å². The number of nitrogens with zero attached hydrogens (tertiary/aromatic N) is 1. The lowest BCUT2D eigenvalue weighted by Gasteiger charge is -2.20. The topological polar surface area (TPSA) is 47.9 Å². The van der Waals surface area contributed by atoms with Gasteiger partial charge in [0, 0.05) is 23.8 Å². The molecule has 0 aromatic heterocycles. The van der Waals surface area contributed by atoms with Gasteiger partial charge in [-0.1, -0.05) is 63.6 Å². The fourth-order valence-electron chi connectivity index (χ4n) is 3.96. The number of allylic oxidation sites excluding steroid dienone is 8. The van der Waals surface area contributed by atoms with Crippen LogP contribution in [0.4, 0.5) is 5.69 Å². The zero-order chi connectivity index (χ0) is 28.8. The summed E-state index contributed by atoms with van der Waals surface area (Å²) >= 11 is 0. The van der Waals surface area contributed by atoms with E-state index < -0.39 is 0 Å². The summed E-state index contributed by atoms with van der Waals surface area (Å²) in [6, 6.07) is 3.55. The van der Waals surface area contributed by atoms with E-state index in [4.69, 9.17) is 14.5 Å². The molecule has 0 spiro atoms. The van der Waals surface area contributed by atoms with Gasteiger partial charge >= 0.3 is 0 Å². The molecule has 38 heavy (non-hydrogen) atoms. The molecule has 4 heteroatoms. The monoisotopic (exact) mass is 521 g/mol. The van der Waals surface area contributed by atoms with Gasteiger partial charge in [-0.2, -0.15) is 0 Å². The third-order valence-electron chi connectivity index (χ3n) is 6.27. The predicted molar refractivity (Wildman–Crippen MR) is 164 cm³/mol. The number of carbonyl (C=O) groups is 1. The number of ketones is 1. The summed E-state index contributed by atoms with van der Waals surface area (Å²) < 4.78 is 11.4. The van der Waals surface area contributed by atoms with Gasteiger partial charge in [-0.15, -0.1) is 0 Å². The molecule has 1 atom stereocenters. The highest BCUT2D eigenvalue weighted by molar-refractivity contribution is 6.00. The number of carbonyl (C=O) groups excluding carboxylic acids is 1. The Morgan fingerprint density at radius 2 is 1.71 bits per heavy atom. The number of ether oxygens (including phenoxy) is 2. The van der Waals surface area contributed by atoms with Gasteiger partial charge in [0.2, 0.25) is 0 Å². The largest absolute Gasteiger partial charge is 0.493 e. The number of Topliss-reactive ketones (excluding diaryl/α,β-unsaturated/α-hetero) is 1. The minimum atomic E-state index is -0.0541. The van der Waals surface area contributed by atoms with E-state index >= 15 is 0 Å². The average molecular weight is 522 g/mol. The molecule has 0 N–H and O–H groups in total. The van der Waals surface area contributed by atoms with Crippen molar-refractivity contribution in [1.82, 2.24) is 0 Å². The first-order chi connectivity index (χ1) is 17.9. The predicted octanol–water partition coefficient (Wildman–Crippen LogP) is 9.88. The average Bonchev–Trinajstić information content (AvgIpc) is 2.82. The van der Waals surface area contributed by atoms with Crippen LogP contribution in [-0.2, 0) is 0 Å². The van der Waals surface area contributed by atoms with Crippen LogP contribution >= 0.6 is 0 Å². The van der Waals surface area contributed by atoms with Crippen LogP contribution in [0.25, 0.3) is 0 Å². The van der Waals surface area contributed by atoms with Crippen molar-refractivity contribution in [3.8, 4) is 11.5 Å². The third-order valence-corrected chi connectivity index (χ3v) is 6.27. The zero-order valence-corrected chi connectivity index (χ0v) is 25.7. The molecule has 1 aromatic carbocycles. The highest BCUT2D eigenvalue weighted by atomic mass is 16.5. The highest BCUT2D eigenvalue weighted by Crippen LogP contribution is 2.36. The minimum Gasteiger partial charge on any atom is -0.493 e. The van der Waals surface area contributed by atoms with Crippen LogP contribution in [0, 0.1) is 17.8 Å². The molecule has 0 fully saturated rings. The molecular formula is C34H51NO3. The number of rotatable bonds is 15. The molecule has 0 saturated heterocycles. The van der Waals surface area contributed by atoms with Crippen molar-refractivity contribution in [2.45, 2.75) is 94.6 Å². The van der Waals surface area contributed by atoms with E-state index in [-0.39, 0.29) is 17.8 Å². The van der Waals surface area contributed by atoms with Gasteiger partial charge in [-0.05, 0) is 89.9 Å². The number of hydrogen-bond acceptors (Lipinski definition) is 4. The van der Waals surface area contributed by atoms with Crippen molar-refractivity contribution in [3.63, 3.8) is 0 Å². The van der Waals surface area contributed by atoms with Crippen LogP contribution in [0.15, 0.2) is 64.2 Å². The summed E-state index contributed by atoms with van der Waals surface area (Å²) in [5, 5.41) is 0. The maximum Gasteiger partial charge on any atom is 0.163 e. The molecule has 210 valence electrons. The molecule has 1 aromatic rings. The van der Waals surface area contributed by atoms with Crippen LogP contribution in [0.2, 0.25) is 0 Å². The minimum absolute atomic E-state index is 0.0233. The first-order valence-electron chi connectivity index (χ1n) is 14.0. The molecule has 1 rings (SSSR count). The van der Waals surface area contributed by atoms with E-state index in [0.29, 0.717) is 34.6 Å². The van der Waals surface area contributed by atoms with Gasteiger partial charge in [0.25, 0.3) is 0 Å². The van der Waals surface area contributed by atoms with E-state index in [2.05, 4.69) is 78.8 Å². The Balaban J connectivity index is 3.41. The van der Waals surface area contributed by atoms with E-state index in [1.807, 2.05) is 26.1 Å². The van der Waals surface area contributed by atoms with Crippen molar-refractivity contribution in [1.29, 1.82) is 0 Å². The Kier molecular flexibility index (Phi) is 14.7. The van der Waals surface area contributed by atoms with Crippen LogP contribution < -0.4 is 9.47 Å². The van der Waals surface area contributed by atoms with E-state index in [1.54, 1.807) is 20.1 Å². The van der Waals surface area contributed by atoms with Gasteiger partial charge in [-0.25, -0.2) is 0 Å². The number of benzene rings is 1. The van der Waals surface area contributed by atoms with Crippen LogP contribution in [0.5, 0.6) is 11.5 Å².